The van der Waals surface area contributed by atoms with Crippen LogP contribution < -0.4 is 14.4 Å². The standard InChI is InChI=1S/C22H24N2O4S/c1-23(13-17-14-27-19-5-3-4-6-20(19)28-17)22(26)15-11-21(25)24(12-15)16-7-9-18(29-2)10-8-16/h3-10,15,17H,11-14H2,1-2H3/t15-,17+/m0/s1. The van der Waals surface area contributed by atoms with Gasteiger partial charge in [0.15, 0.2) is 17.6 Å². The molecule has 2 aliphatic rings. The van der Waals surface area contributed by atoms with E-state index >= 15 is 0 Å². The van der Waals surface area contributed by atoms with Crippen LogP contribution in [-0.4, -0.2) is 55.8 Å². The number of amides is 2. The van der Waals surface area contributed by atoms with Gasteiger partial charge >= 0.3 is 0 Å². The van der Waals surface area contributed by atoms with Crippen LogP contribution in [-0.2, 0) is 9.59 Å². The molecule has 0 bridgehead atoms. The van der Waals surface area contributed by atoms with Crippen molar-refractivity contribution in [3.05, 3.63) is 48.5 Å². The molecule has 2 aromatic carbocycles. The molecule has 4 rings (SSSR count). The van der Waals surface area contributed by atoms with Gasteiger partial charge in [0.25, 0.3) is 0 Å². The van der Waals surface area contributed by atoms with Gasteiger partial charge in [0.1, 0.15) is 6.61 Å². The fourth-order valence-corrected chi connectivity index (χ4v) is 4.15. The van der Waals surface area contributed by atoms with Crippen LogP contribution >= 0.6 is 11.8 Å². The van der Waals surface area contributed by atoms with Gasteiger partial charge in [-0.25, -0.2) is 0 Å². The number of fused-ring (bicyclic) bond motifs is 1. The summed E-state index contributed by atoms with van der Waals surface area (Å²) in [6.07, 6.45) is 2.02. The Morgan fingerprint density at radius 1 is 1.17 bits per heavy atom. The summed E-state index contributed by atoms with van der Waals surface area (Å²) in [5, 5.41) is 0. The van der Waals surface area contributed by atoms with Crippen molar-refractivity contribution in [1.29, 1.82) is 0 Å². The number of carbonyl (C=O) groups excluding carboxylic acids is 2. The maximum Gasteiger partial charge on any atom is 0.227 e. The van der Waals surface area contributed by atoms with Gasteiger partial charge < -0.3 is 19.3 Å². The summed E-state index contributed by atoms with van der Waals surface area (Å²) in [4.78, 5) is 29.9. The summed E-state index contributed by atoms with van der Waals surface area (Å²) in [7, 11) is 1.76. The van der Waals surface area contributed by atoms with Gasteiger partial charge in [-0.15, -0.1) is 11.8 Å². The Balaban J connectivity index is 1.36. The van der Waals surface area contributed by atoms with E-state index in [1.54, 1.807) is 28.6 Å². The number of ether oxygens (including phenoxy) is 2. The van der Waals surface area contributed by atoms with E-state index in [0.717, 1.165) is 16.3 Å². The molecule has 152 valence electrons. The second-order valence-corrected chi connectivity index (χ2v) is 8.20. The van der Waals surface area contributed by atoms with Crippen LogP contribution in [0.3, 0.4) is 0 Å². The lowest BCUT2D eigenvalue weighted by Crippen LogP contribution is -2.44. The van der Waals surface area contributed by atoms with Crippen molar-refractivity contribution in [3.8, 4) is 11.5 Å². The van der Waals surface area contributed by atoms with E-state index in [2.05, 4.69) is 0 Å². The Labute approximate surface area is 174 Å². The van der Waals surface area contributed by atoms with Gasteiger partial charge in [-0.05, 0) is 42.7 Å². The maximum absolute atomic E-state index is 12.9. The first-order valence-corrected chi connectivity index (χ1v) is 10.9. The van der Waals surface area contributed by atoms with Crippen molar-refractivity contribution in [2.45, 2.75) is 17.4 Å². The largest absolute Gasteiger partial charge is 0.486 e. The Morgan fingerprint density at radius 2 is 1.90 bits per heavy atom. The SMILES string of the molecule is CSc1ccc(N2C[C@@H](C(=O)N(C)C[C@@H]3COc4ccccc4O3)CC2=O)cc1. The zero-order valence-electron chi connectivity index (χ0n) is 16.5. The molecule has 2 amide bonds. The molecule has 2 heterocycles. The van der Waals surface area contributed by atoms with Gasteiger partial charge in [0.05, 0.1) is 12.5 Å². The lowest BCUT2D eigenvalue weighted by molar-refractivity contribution is -0.135. The average molecular weight is 413 g/mol. The Hall–Kier alpha value is -2.67. The molecule has 1 saturated heterocycles. The first-order valence-electron chi connectivity index (χ1n) is 9.63. The highest BCUT2D eigenvalue weighted by molar-refractivity contribution is 7.98. The molecular formula is C22H24N2O4S. The fourth-order valence-electron chi connectivity index (χ4n) is 3.74. The van der Waals surface area contributed by atoms with Gasteiger partial charge in [-0.3, -0.25) is 9.59 Å². The summed E-state index contributed by atoms with van der Waals surface area (Å²) < 4.78 is 11.7. The molecule has 2 aliphatic heterocycles. The number of benzene rings is 2. The van der Waals surface area contributed by atoms with Gasteiger partial charge in [-0.2, -0.15) is 0 Å². The normalized spacial score (nSPS) is 20.6. The van der Waals surface area contributed by atoms with Gasteiger partial charge in [-0.1, -0.05) is 12.1 Å². The lowest BCUT2D eigenvalue weighted by Gasteiger charge is -2.30. The molecule has 0 N–H and O–H groups in total. The predicted molar refractivity (Wildman–Crippen MR) is 113 cm³/mol. The molecule has 0 spiro atoms. The van der Waals surface area contributed by atoms with E-state index in [1.165, 1.54) is 0 Å². The number of likely N-dealkylation sites (N-methyl/N-ethyl adjacent to an activating group) is 1. The molecule has 7 heteroatoms. The molecule has 0 aromatic heterocycles. The topological polar surface area (TPSA) is 59.1 Å². The number of para-hydroxylation sites is 2. The van der Waals surface area contributed by atoms with E-state index in [1.807, 2.05) is 54.8 Å². The molecule has 6 nitrogen and oxygen atoms in total. The van der Waals surface area contributed by atoms with E-state index in [0.29, 0.717) is 25.4 Å². The summed E-state index contributed by atoms with van der Waals surface area (Å²) in [6, 6.07) is 15.4. The Bertz CT molecular complexity index is 902. The van der Waals surface area contributed by atoms with Crippen LogP contribution in [0.4, 0.5) is 5.69 Å². The molecule has 1 fully saturated rings. The van der Waals surface area contributed by atoms with Crippen molar-refractivity contribution >= 4 is 29.3 Å². The minimum Gasteiger partial charge on any atom is -0.486 e. The second kappa shape index (κ2) is 8.37. The van der Waals surface area contributed by atoms with Crippen LogP contribution in [0.25, 0.3) is 0 Å². The number of nitrogens with zero attached hydrogens (tertiary/aromatic N) is 2. The monoisotopic (exact) mass is 412 g/mol. The Morgan fingerprint density at radius 3 is 2.62 bits per heavy atom. The highest BCUT2D eigenvalue weighted by Crippen LogP contribution is 2.31. The number of thioether (sulfide) groups is 1. The smallest absolute Gasteiger partial charge is 0.227 e. The number of rotatable bonds is 5. The minimum absolute atomic E-state index is 0.0140. The van der Waals surface area contributed by atoms with Crippen LogP contribution in [0.15, 0.2) is 53.4 Å². The minimum atomic E-state index is -0.343. The molecule has 0 aliphatic carbocycles. The number of anilines is 1. The van der Waals surface area contributed by atoms with E-state index < -0.39 is 0 Å². The van der Waals surface area contributed by atoms with Crippen LogP contribution in [0.5, 0.6) is 11.5 Å². The molecule has 29 heavy (non-hydrogen) atoms. The lowest BCUT2D eigenvalue weighted by atomic mass is 10.1. The van der Waals surface area contributed by atoms with Crippen LogP contribution in [0, 0.1) is 5.92 Å². The fraction of sp³-hybridized carbons (Fsp3) is 0.364. The molecule has 0 saturated carbocycles. The highest BCUT2D eigenvalue weighted by Gasteiger charge is 2.37. The Kier molecular flexibility index (Phi) is 5.67. The van der Waals surface area contributed by atoms with E-state index in [4.69, 9.17) is 9.47 Å². The van der Waals surface area contributed by atoms with Crippen LogP contribution in [0.1, 0.15) is 6.42 Å². The van der Waals surface area contributed by atoms with Crippen molar-refractivity contribution < 1.29 is 19.1 Å². The van der Waals surface area contributed by atoms with Gasteiger partial charge in [0, 0.05) is 30.6 Å². The first-order chi connectivity index (χ1) is 14.0. The summed E-state index contributed by atoms with van der Waals surface area (Å²) in [5.74, 6) is 1.02. The third-order valence-corrected chi connectivity index (χ3v) is 6.02. The number of carbonyl (C=O) groups is 2. The van der Waals surface area contributed by atoms with Crippen molar-refractivity contribution in [2.24, 2.45) is 5.92 Å². The zero-order valence-corrected chi connectivity index (χ0v) is 17.4. The summed E-state index contributed by atoms with van der Waals surface area (Å²) in [5.41, 5.74) is 0.839. The zero-order chi connectivity index (χ0) is 20.4. The van der Waals surface area contributed by atoms with E-state index in [9.17, 15) is 9.59 Å². The maximum atomic E-state index is 12.9. The predicted octanol–water partition coefficient (Wildman–Crippen LogP) is 3.06. The van der Waals surface area contributed by atoms with Gasteiger partial charge in [0.2, 0.25) is 11.8 Å². The van der Waals surface area contributed by atoms with Crippen LogP contribution in [0.2, 0.25) is 0 Å². The summed E-state index contributed by atoms with van der Waals surface area (Å²) in [6.45, 7) is 1.22. The molecular weight excluding hydrogens is 388 g/mol. The highest BCUT2D eigenvalue weighted by atomic mass is 32.2. The average Bonchev–Trinajstić information content (AvgIpc) is 3.14. The molecule has 2 atom stereocenters. The second-order valence-electron chi connectivity index (χ2n) is 7.32. The first kappa shape index (κ1) is 19.6. The van der Waals surface area contributed by atoms with Crippen molar-refractivity contribution in [2.75, 3.05) is 37.9 Å². The third kappa shape index (κ3) is 4.19. The van der Waals surface area contributed by atoms with E-state index in [-0.39, 0.29) is 30.3 Å². The quantitative estimate of drug-likeness (QED) is 0.707. The molecule has 0 radical (unpaired) electrons. The van der Waals surface area contributed by atoms with Crippen molar-refractivity contribution in [1.82, 2.24) is 4.90 Å². The summed E-state index contributed by atoms with van der Waals surface area (Å²) >= 11 is 1.66. The van der Waals surface area contributed by atoms with Crippen molar-refractivity contribution in [3.63, 3.8) is 0 Å². The molecule has 0 unspecified atom stereocenters. The molecule has 2 aromatic rings. The number of hydrogen-bond acceptors (Lipinski definition) is 5. The third-order valence-electron chi connectivity index (χ3n) is 5.28. The number of hydrogen-bond donors (Lipinski definition) is 0.